The van der Waals surface area contributed by atoms with E-state index in [-0.39, 0.29) is 29.6 Å². The van der Waals surface area contributed by atoms with Gasteiger partial charge in [0.1, 0.15) is 6.04 Å². The van der Waals surface area contributed by atoms with Gasteiger partial charge in [0.25, 0.3) is 0 Å². The molecule has 0 saturated carbocycles. The van der Waals surface area contributed by atoms with Crippen molar-refractivity contribution < 1.29 is 19.5 Å². The van der Waals surface area contributed by atoms with Gasteiger partial charge in [-0.25, -0.2) is 0 Å². The Morgan fingerprint density at radius 1 is 1.19 bits per heavy atom. The van der Waals surface area contributed by atoms with Crippen molar-refractivity contribution >= 4 is 46.8 Å². The van der Waals surface area contributed by atoms with Crippen molar-refractivity contribution in [1.82, 2.24) is 10.2 Å². The van der Waals surface area contributed by atoms with Crippen LogP contribution in [0, 0.1) is 18.8 Å². The fourth-order valence-electron chi connectivity index (χ4n) is 6.37. The third kappa shape index (κ3) is 3.90. The molecule has 0 aromatic heterocycles. The van der Waals surface area contributed by atoms with E-state index in [2.05, 4.69) is 10.6 Å². The number of aliphatic hydroxyl groups excluding tert-OH is 1. The number of nitrogens with zero attached hydrogens (tertiary/aromatic N) is 1. The number of hydrogen-bond acceptors (Lipinski definition) is 5. The molecule has 2 unspecified atom stereocenters. The van der Waals surface area contributed by atoms with Crippen LogP contribution in [0.2, 0.25) is 5.02 Å². The zero-order valence-electron chi connectivity index (χ0n) is 20.2. The molecule has 1 spiro atoms. The van der Waals surface area contributed by atoms with Gasteiger partial charge < -0.3 is 20.6 Å². The Bertz CT molecular complexity index is 1170. The van der Waals surface area contributed by atoms with E-state index in [0.29, 0.717) is 23.6 Å². The quantitative estimate of drug-likeness (QED) is 0.514. The largest absolute Gasteiger partial charge is 0.394 e. The van der Waals surface area contributed by atoms with E-state index in [4.69, 9.17) is 11.6 Å². The number of carbonyl (C=O) groups excluding carboxylic acids is 3. The molecule has 6 atom stereocenters. The van der Waals surface area contributed by atoms with Gasteiger partial charge in [0.2, 0.25) is 17.7 Å². The summed E-state index contributed by atoms with van der Waals surface area (Å²) in [7, 11) is 1.58. The Morgan fingerprint density at radius 3 is 2.61 bits per heavy atom. The van der Waals surface area contributed by atoms with E-state index in [9.17, 15) is 19.5 Å². The van der Waals surface area contributed by atoms with Crippen LogP contribution in [0.15, 0.2) is 48.5 Å². The molecule has 9 heteroatoms. The van der Waals surface area contributed by atoms with Crippen molar-refractivity contribution in [3.05, 3.63) is 64.7 Å². The number of anilines is 1. The van der Waals surface area contributed by atoms with Crippen molar-refractivity contribution in [2.45, 2.75) is 48.3 Å². The number of aryl methyl sites for hydroxylation is 1. The van der Waals surface area contributed by atoms with Crippen LogP contribution in [0.5, 0.6) is 0 Å². The van der Waals surface area contributed by atoms with E-state index in [0.717, 1.165) is 17.5 Å². The molecule has 3 heterocycles. The second-order valence-corrected chi connectivity index (χ2v) is 11.9. The molecule has 7 nitrogen and oxygen atoms in total. The van der Waals surface area contributed by atoms with Gasteiger partial charge in [-0.15, -0.1) is 11.8 Å². The minimum atomic E-state index is -0.837. The second-order valence-electron chi connectivity index (χ2n) is 9.86. The maximum absolute atomic E-state index is 14.1. The van der Waals surface area contributed by atoms with Gasteiger partial charge in [-0.3, -0.25) is 14.4 Å². The van der Waals surface area contributed by atoms with Gasteiger partial charge in [-0.1, -0.05) is 54.1 Å². The first-order chi connectivity index (χ1) is 17.3. The Labute approximate surface area is 220 Å². The zero-order valence-corrected chi connectivity index (χ0v) is 21.8. The van der Waals surface area contributed by atoms with Gasteiger partial charge in [0.05, 0.1) is 39.9 Å². The molecule has 2 aromatic rings. The fraction of sp³-hybridized carbons (Fsp3) is 0.444. The smallest absolute Gasteiger partial charge is 0.248 e. The number of halogens is 1. The lowest BCUT2D eigenvalue weighted by Gasteiger charge is -2.37. The van der Waals surface area contributed by atoms with Crippen LogP contribution < -0.4 is 10.6 Å². The van der Waals surface area contributed by atoms with Crippen molar-refractivity contribution in [2.75, 3.05) is 19.0 Å². The Morgan fingerprint density at radius 2 is 1.94 bits per heavy atom. The molecule has 5 rings (SSSR count). The summed E-state index contributed by atoms with van der Waals surface area (Å²) in [4.78, 5) is 42.7. The number of nitrogens with one attached hydrogen (secondary N) is 2. The summed E-state index contributed by atoms with van der Waals surface area (Å²) in [6.07, 6.45) is 1.82. The number of para-hydroxylation sites is 1. The molecule has 2 aromatic carbocycles. The number of aliphatic hydroxyl groups is 1. The van der Waals surface area contributed by atoms with E-state index in [1.54, 1.807) is 29.8 Å². The minimum absolute atomic E-state index is 0.0138. The number of likely N-dealkylation sites (tertiary alicyclic amines) is 1. The molecule has 3 aliphatic rings. The van der Waals surface area contributed by atoms with Crippen molar-refractivity contribution in [3.8, 4) is 0 Å². The average Bonchev–Trinajstić information content (AvgIpc) is 3.52. The highest BCUT2D eigenvalue weighted by molar-refractivity contribution is 8.02. The predicted octanol–water partition coefficient (Wildman–Crippen LogP) is 3.03. The van der Waals surface area contributed by atoms with E-state index < -0.39 is 28.7 Å². The van der Waals surface area contributed by atoms with Gasteiger partial charge in [-0.2, -0.15) is 0 Å². The molecule has 3 N–H and O–H groups in total. The molecule has 0 aliphatic carbocycles. The standard InChI is InChI=1S/C27H30ClN3O4S/c1-15-7-6-10-18(28)22(15)30-25(34)23-27-12-11-19(36-27)20(24(33)29-2)21(27)26(35)31(23)17(14-32)13-16-8-4-3-5-9-16/h3-10,17,19-21,23,32H,11-14H2,1-2H3,(H,29,33)(H,30,34)/t17-,19+,20-,21+,23?,27?/m1/s1. The number of amides is 3. The zero-order chi connectivity index (χ0) is 25.6. The third-order valence-electron chi connectivity index (χ3n) is 7.92. The van der Waals surface area contributed by atoms with Gasteiger partial charge in [0, 0.05) is 12.3 Å². The highest BCUT2D eigenvalue weighted by Gasteiger charge is 2.74. The van der Waals surface area contributed by atoms with Crippen molar-refractivity contribution in [3.63, 3.8) is 0 Å². The van der Waals surface area contributed by atoms with Gasteiger partial charge in [0.15, 0.2) is 0 Å². The van der Waals surface area contributed by atoms with E-state index >= 15 is 0 Å². The molecule has 190 valence electrons. The summed E-state index contributed by atoms with van der Waals surface area (Å²) in [5.41, 5.74) is 2.29. The van der Waals surface area contributed by atoms with Crippen LogP contribution in [-0.2, 0) is 20.8 Å². The Balaban J connectivity index is 1.57. The van der Waals surface area contributed by atoms with Crippen LogP contribution in [0.25, 0.3) is 0 Å². The topological polar surface area (TPSA) is 98.7 Å². The van der Waals surface area contributed by atoms with Gasteiger partial charge in [-0.05, 0) is 43.4 Å². The highest BCUT2D eigenvalue weighted by atomic mass is 35.5. The fourth-order valence-corrected chi connectivity index (χ4v) is 8.84. The van der Waals surface area contributed by atoms with Crippen LogP contribution in [0.3, 0.4) is 0 Å². The maximum Gasteiger partial charge on any atom is 0.248 e. The number of hydrogen-bond donors (Lipinski definition) is 3. The molecule has 0 radical (unpaired) electrons. The second kappa shape index (κ2) is 9.72. The number of thioether (sulfide) groups is 1. The van der Waals surface area contributed by atoms with E-state index in [1.165, 1.54) is 0 Å². The summed E-state index contributed by atoms with van der Waals surface area (Å²) in [6, 6.07) is 13.6. The first-order valence-electron chi connectivity index (χ1n) is 12.2. The first kappa shape index (κ1) is 25.1. The number of carbonyl (C=O) groups is 3. The molecular formula is C27H30ClN3O4S. The summed E-state index contributed by atoms with van der Waals surface area (Å²) in [6.45, 7) is 1.57. The lowest BCUT2D eigenvalue weighted by atomic mass is 9.70. The predicted molar refractivity (Wildman–Crippen MR) is 141 cm³/mol. The van der Waals surface area contributed by atoms with Gasteiger partial charge >= 0.3 is 0 Å². The van der Waals surface area contributed by atoms with Crippen LogP contribution >= 0.6 is 23.4 Å². The summed E-state index contributed by atoms with van der Waals surface area (Å²) in [5.74, 6) is -1.85. The number of fused-ring (bicyclic) bond motifs is 1. The molecule has 3 aliphatic heterocycles. The minimum Gasteiger partial charge on any atom is -0.394 e. The average molecular weight is 528 g/mol. The highest BCUT2D eigenvalue weighted by Crippen LogP contribution is 2.66. The summed E-state index contributed by atoms with van der Waals surface area (Å²) in [5, 5.41) is 16.6. The molecule has 3 fully saturated rings. The molecule has 3 saturated heterocycles. The van der Waals surface area contributed by atoms with Crippen LogP contribution in [0.4, 0.5) is 5.69 Å². The number of benzene rings is 2. The van der Waals surface area contributed by atoms with Crippen LogP contribution in [-0.4, -0.2) is 63.5 Å². The lowest BCUT2D eigenvalue weighted by Crippen LogP contribution is -2.55. The monoisotopic (exact) mass is 527 g/mol. The van der Waals surface area contributed by atoms with Crippen molar-refractivity contribution in [1.29, 1.82) is 0 Å². The third-order valence-corrected chi connectivity index (χ3v) is 10.2. The summed E-state index contributed by atoms with van der Waals surface area (Å²) < 4.78 is -0.734. The molecule has 2 bridgehead atoms. The SMILES string of the molecule is CNC(=O)[C@@H]1[C@@H]2CCC3(S2)C(C(=O)Nc2c(C)cccc2Cl)N([C@@H](CO)Cc2ccccc2)C(=O)[C@H]13. The van der Waals surface area contributed by atoms with Crippen molar-refractivity contribution in [2.24, 2.45) is 11.8 Å². The Hall–Kier alpha value is -2.55. The first-order valence-corrected chi connectivity index (χ1v) is 13.5. The molecule has 36 heavy (non-hydrogen) atoms. The Kier molecular flexibility index (Phi) is 6.78. The molecular weight excluding hydrogens is 498 g/mol. The molecule has 3 amide bonds. The normalized spacial score (nSPS) is 29.2. The lowest BCUT2D eigenvalue weighted by molar-refractivity contribution is -0.141. The van der Waals surface area contributed by atoms with E-state index in [1.807, 2.05) is 49.4 Å². The van der Waals surface area contributed by atoms with Crippen LogP contribution in [0.1, 0.15) is 24.0 Å². The number of rotatable bonds is 7. The maximum atomic E-state index is 14.1. The summed E-state index contributed by atoms with van der Waals surface area (Å²) >= 11 is 8.02.